The number of ether oxygens (including phenoxy) is 1. The molecule has 0 aliphatic carbocycles. The van der Waals surface area contributed by atoms with E-state index in [-0.39, 0.29) is 24.0 Å². The van der Waals surface area contributed by atoms with Gasteiger partial charge in [-0.25, -0.2) is 0 Å². The Bertz CT molecular complexity index is 425. The van der Waals surface area contributed by atoms with Crippen LogP contribution in [0, 0.1) is 5.92 Å². The summed E-state index contributed by atoms with van der Waals surface area (Å²) < 4.78 is 5.24. The quantitative estimate of drug-likeness (QED) is 0.466. The van der Waals surface area contributed by atoms with Gasteiger partial charge in [-0.1, -0.05) is 30.3 Å². The lowest BCUT2D eigenvalue weighted by molar-refractivity contribution is 0.157. The van der Waals surface area contributed by atoms with Crippen molar-refractivity contribution in [1.29, 1.82) is 0 Å². The minimum absolute atomic E-state index is 0. The number of hydrogen-bond donors (Lipinski definition) is 1. The fourth-order valence-corrected chi connectivity index (χ4v) is 2.69. The van der Waals surface area contributed by atoms with Crippen LogP contribution in [0.3, 0.4) is 0 Å². The molecule has 4 nitrogen and oxygen atoms in total. The van der Waals surface area contributed by atoms with Crippen molar-refractivity contribution in [3.8, 4) is 0 Å². The molecule has 0 bridgehead atoms. The summed E-state index contributed by atoms with van der Waals surface area (Å²) in [6.07, 6.45) is 2.21. The van der Waals surface area contributed by atoms with Gasteiger partial charge in [-0.05, 0) is 18.4 Å². The number of rotatable bonds is 5. The van der Waals surface area contributed by atoms with Gasteiger partial charge in [-0.15, -0.1) is 24.0 Å². The summed E-state index contributed by atoms with van der Waals surface area (Å²) in [6.45, 7) is 3.87. The van der Waals surface area contributed by atoms with Gasteiger partial charge >= 0.3 is 0 Å². The molecular formula is C16H26IN3O. The summed E-state index contributed by atoms with van der Waals surface area (Å²) in [7, 11) is 3.63. The molecule has 1 fully saturated rings. The maximum atomic E-state index is 5.24. The first kappa shape index (κ1) is 18.2. The van der Waals surface area contributed by atoms with Crippen molar-refractivity contribution in [2.45, 2.75) is 12.8 Å². The summed E-state index contributed by atoms with van der Waals surface area (Å²) in [4.78, 5) is 6.71. The molecule has 0 amide bonds. The van der Waals surface area contributed by atoms with E-state index in [0.29, 0.717) is 5.92 Å². The van der Waals surface area contributed by atoms with Crippen LogP contribution in [0.15, 0.2) is 35.3 Å². The van der Waals surface area contributed by atoms with Crippen LogP contribution in [0.1, 0.15) is 12.0 Å². The smallest absolute Gasteiger partial charge is 0.193 e. The van der Waals surface area contributed by atoms with E-state index >= 15 is 0 Å². The number of benzene rings is 1. The third kappa shape index (κ3) is 5.82. The van der Waals surface area contributed by atoms with Crippen LogP contribution in [0.4, 0.5) is 0 Å². The highest BCUT2D eigenvalue weighted by Gasteiger charge is 2.24. The number of likely N-dealkylation sites (tertiary alicyclic amines) is 1. The SMILES string of the molecule is CN=C(NCCc1ccccc1)N1CCC(COC)C1.I. The molecule has 2 rings (SSSR count). The third-order valence-corrected chi connectivity index (χ3v) is 3.74. The zero-order valence-corrected chi connectivity index (χ0v) is 15.2. The highest BCUT2D eigenvalue weighted by molar-refractivity contribution is 14.0. The van der Waals surface area contributed by atoms with Crippen LogP contribution in [0.2, 0.25) is 0 Å². The monoisotopic (exact) mass is 403 g/mol. The summed E-state index contributed by atoms with van der Waals surface area (Å²) in [5, 5.41) is 3.46. The molecule has 1 aliphatic rings. The number of hydrogen-bond acceptors (Lipinski definition) is 2. The molecule has 21 heavy (non-hydrogen) atoms. The second-order valence-corrected chi connectivity index (χ2v) is 5.27. The Morgan fingerprint density at radius 1 is 1.38 bits per heavy atom. The maximum absolute atomic E-state index is 5.24. The average molecular weight is 403 g/mol. The molecule has 1 unspecified atom stereocenters. The van der Waals surface area contributed by atoms with E-state index in [1.165, 1.54) is 12.0 Å². The number of methoxy groups -OCH3 is 1. The van der Waals surface area contributed by atoms with Gasteiger partial charge in [-0.3, -0.25) is 4.99 Å². The number of guanidine groups is 1. The molecule has 0 aromatic heterocycles. The standard InChI is InChI=1S/C16H25N3O.HI/c1-17-16(19-11-9-15(12-19)13-20-2)18-10-8-14-6-4-3-5-7-14;/h3-7,15H,8-13H2,1-2H3,(H,17,18);1H. The van der Waals surface area contributed by atoms with Crippen molar-refractivity contribution in [2.75, 3.05) is 40.4 Å². The second-order valence-electron chi connectivity index (χ2n) is 5.27. The van der Waals surface area contributed by atoms with Crippen LogP contribution in [0.25, 0.3) is 0 Å². The maximum Gasteiger partial charge on any atom is 0.193 e. The Balaban J connectivity index is 0.00000220. The van der Waals surface area contributed by atoms with Gasteiger partial charge in [0.15, 0.2) is 5.96 Å². The van der Waals surface area contributed by atoms with Crippen LogP contribution < -0.4 is 5.32 Å². The van der Waals surface area contributed by atoms with E-state index in [4.69, 9.17) is 4.74 Å². The molecule has 1 aliphatic heterocycles. The van der Waals surface area contributed by atoms with Gasteiger partial charge in [-0.2, -0.15) is 0 Å². The van der Waals surface area contributed by atoms with E-state index in [1.54, 1.807) is 7.11 Å². The van der Waals surface area contributed by atoms with E-state index < -0.39 is 0 Å². The summed E-state index contributed by atoms with van der Waals surface area (Å²) in [5.41, 5.74) is 1.36. The van der Waals surface area contributed by atoms with Crippen molar-refractivity contribution < 1.29 is 4.74 Å². The minimum atomic E-state index is 0. The predicted octanol–water partition coefficient (Wildman–Crippen LogP) is 2.39. The minimum Gasteiger partial charge on any atom is -0.384 e. The first-order chi connectivity index (χ1) is 9.83. The largest absolute Gasteiger partial charge is 0.384 e. The highest BCUT2D eigenvalue weighted by atomic mass is 127. The lowest BCUT2D eigenvalue weighted by atomic mass is 10.1. The van der Waals surface area contributed by atoms with E-state index in [9.17, 15) is 0 Å². The highest BCUT2D eigenvalue weighted by Crippen LogP contribution is 2.16. The van der Waals surface area contributed by atoms with E-state index in [2.05, 4.69) is 45.5 Å². The van der Waals surface area contributed by atoms with Gasteiger partial charge in [0.1, 0.15) is 0 Å². The average Bonchev–Trinajstić information content (AvgIpc) is 2.94. The molecular weight excluding hydrogens is 377 g/mol. The molecule has 118 valence electrons. The molecule has 1 heterocycles. The van der Waals surface area contributed by atoms with Gasteiger partial charge in [0.25, 0.3) is 0 Å². The number of aliphatic imine (C=N–C) groups is 1. The fraction of sp³-hybridized carbons (Fsp3) is 0.562. The Hall–Kier alpha value is -0.820. The molecule has 1 atom stereocenters. The third-order valence-electron chi connectivity index (χ3n) is 3.74. The Morgan fingerprint density at radius 3 is 2.81 bits per heavy atom. The van der Waals surface area contributed by atoms with E-state index in [1.807, 2.05) is 7.05 Å². The van der Waals surface area contributed by atoms with Crippen molar-refractivity contribution in [1.82, 2.24) is 10.2 Å². The van der Waals surface area contributed by atoms with Crippen LogP contribution in [0.5, 0.6) is 0 Å². The normalized spacial score (nSPS) is 18.5. The van der Waals surface area contributed by atoms with Crippen molar-refractivity contribution >= 4 is 29.9 Å². The Kier molecular flexibility index (Phi) is 8.68. The van der Waals surface area contributed by atoms with Crippen LogP contribution in [-0.2, 0) is 11.2 Å². The molecule has 0 radical (unpaired) electrons. The first-order valence-corrected chi connectivity index (χ1v) is 7.32. The lowest BCUT2D eigenvalue weighted by Gasteiger charge is -2.21. The van der Waals surface area contributed by atoms with Crippen molar-refractivity contribution in [2.24, 2.45) is 10.9 Å². The molecule has 1 aromatic carbocycles. The number of nitrogens with one attached hydrogen (secondary N) is 1. The summed E-state index contributed by atoms with van der Waals surface area (Å²) in [5.74, 6) is 1.65. The Labute approximate surface area is 145 Å². The summed E-state index contributed by atoms with van der Waals surface area (Å²) >= 11 is 0. The van der Waals surface area contributed by atoms with Crippen molar-refractivity contribution in [3.05, 3.63) is 35.9 Å². The molecule has 0 saturated carbocycles. The molecule has 0 spiro atoms. The molecule has 1 aromatic rings. The zero-order valence-electron chi connectivity index (χ0n) is 12.9. The van der Waals surface area contributed by atoms with E-state index in [0.717, 1.165) is 38.6 Å². The van der Waals surface area contributed by atoms with Crippen molar-refractivity contribution in [3.63, 3.8) is 0 Å². The van der Waals surface area contributed by atoms with Crippen LogP contribution in [-0.4, -0.2) is 51.3 Å². The molecule has 1 N–H and O–H groups in total. The summed E-state index contributed by atoms with van der Waals surface area (Å²) in [6, 6.07) is 10.5. The number of nitrogens with zero attached hydrogens (tertiary/aromatic N) is 2. The lowest BCUT2D eigenvalue weighted by Crippen LogP contribution is -2.41. The first-order valence-electron chi connectivity index (χ1n) is 7.32. The van der Waals surface area contributed by atoms with Gasteiger partial charge in [0, 0.05) is 39.7 Å². The van der Waals surface area contributed by atoms with Gasteiger partial charge in [0.2, 0.25) is 0 Å². The Morgan fingerprint density at radius 2 is 2.14 bits per heavy atom. The second kappa shape index (κ2) is 10.00. The molecule has 1 saturated heterocycles. The van der Waals surface area contributed by atoms with Crippen LogP contribution >= 0.6 is 24.0 Å². The topological polar surface area (TPSA) is 36.9 Å². The van der Waals surface area contributed by atoms with Gasteiger partial charge < -0.3 is 15.0 Å². The zero-order chi connectivity index (χ0) is 14.2. The molecule has 5 heteroatoms. The number of halogens is 1. The van der Waals surface area contributed by atoms with Gasteiger partial charge in [0.05, 0.1) is 6.61 Å². The predicted molar refractivity (Wildman–Crippen MR) is 98.5 cm³/mol. The fourth-order valence-electron chi connectivity index (χ4n) is 2.69.